The van der Waals surface area contributed by atoms with E-state index in [0.29, 0.717) is 18.5 Å². The van der Waals surface area contributed by atoms with Crippen molar-refractivity contribution in [2.45, 2.75) is 6.42 Å². The van der Waals surface area contributed by atoms with E-state index in [4.69, 9.17) is 5.73 Å². The van der Waals surface area contributed by atoms with Crippen LogP contribution in [-0.2, 0) is 6.42 Å². The maximum absolute atomic E-state index is 12.9. The van der Waals surface area contributed by atoms with Crippen molar-refractivity contribution < 1.29 is 4.39 Å². The summed E-state index contributed by atoms with van der Waals surface area (Å²) in [6, 6.07) is 4.87. The van der Waals surface area contributed by atoms with E-state index in [-0.39, 0.29) is 5.82 Å². The lowest BCUT2D eigenvalue weighted by Gasteiger charge is -2.00. The highest BCUT2D eigenvalue weighted by Gasteiger charge is 2.00. The molecule has 0 spiro atoms. The van der Waals surface area contributed by atoms with Crippen LogP contribution in [-0.4, -0.2) is 6.54 Å². The van der Waals surface area contributed by atoms with Crippen LogP contribution in [0.25, 0.3) is 0 Å². The van der Waals surface area contributed by atoms with E-state index in [2.05, 4.69) is 15.9 Å². The van der Waals surface area contributed by atoms with Crippen molar-refractivity contribution in [3.8, 4) is 0 Å². The molecule has 60 valence electrons. The Balaban J connectivity index is 2.93. The van der Waals surface area contributed by atoms with Gasteiger partial charge < -0.3 is 5.73 Å². The summed E-state index contributed by atoms with van der Waals surface area (Å²) in [5.74, 6) is -0.182. The van der Waals surface area contributed by atoms with Crippen molar-refractivity contribution in [2.24, 2.45) is 5.73 Å². The molecular formula is C8H9BrFN. The first-order valence-electron chi connectivity index (χ1n) is 3.38. The first-order chi connectivity index (χ1) is 5.24. The molecule has 0 fully saturated rings. The molecule has 0 saturated heterocycles. The number of hydrogen-bond acceptors (Lipinski definition) is 1. The second-order valence-electron chi connectivity index (χ2n) is 2.27. The lowest BCUT2D eigenvalue weighted by atomic mass is 10.1. The minimum Gasteiger partial charge on any atom is -0.330 e. The largest absolute Gasteiger partial charge is 0.330 e. The minimum absolute atomic E-state index is 0.182. The van der Waals surface area contributed by atoms with Crippen LogP contribution in [0.2, 0.25) is 0 Å². The van der Waals surface area contributed by atoms with Gasteiger partial charge in [0.05, 0.1) is 0 Å². The molecule has 2 N–H and O–H groups in total. The number of halogens is 2. The van der Waals surface area contributed by atoms with Gasteiger partial charge in [-0.05, 0) is 36.7 Å². The Kier molecular flexibility index (Phi) is 3.02. The summed E-state index contributed by atoms with van der Waals surface area (Å²) < 4.78 is 13.8. The minimum atomic E-state index is -0.182. The fourth-order valence-corrected chi connectivity index (χ4v) is 1.30. The predicted molar refractivity (Wildman–Crippen MR) is 46.9 cm³/mol. The third kappa shape index (κ3) is 2.27. The second-order valence-corrected chi connectivity index (χ2v) is 3.19. The SMILES string of the molecule is NCCc1cc(Br)ccc1F. The fraction of sp³-hybridized carbons (Fsp3) is 0.250. The highest BCUT2D eigenvalue weighted by atomic mass is 79.9. The van der Waals surface area contributed by atoms with Gasteiger partial charge in [-0.15, -0.1) is 0 Å². The van der Waals surface area contributed by atoms with Crippen molar-refractivity contribution in [1.29, 1.82) is 0 Å². The summed E-state index contributed by atoms with van der Waals surface area (Å²) in [5, 5.41) is 0. The Bertz CT molecular complexity index is 250. The van der Waals surface area contributed by atoms with Gasteiger partial charge >= 0.3 is 0 Å². The molecule has 0 aliphatic heterocycles. The Morgan fingerprint density at radius 1 is 1.45 bits per heavy atom. The molecule has 0 amide bonds. The fourth-order valence-electron chi connectivity index (χ4n) is 0.890. The van der Waals surface area contributed by atoms with E-state index in [1.807, 2.05) is 0 Å². The Labute approximate surface area is 73.5 Å². The van der Waals surface area contributed by atoms with Crippen molar-refractivity contribution in [1.82, 2.24) is 0 Å². The molecule has 3 heteroatoms. The molecule has 1 nitrogen and oxygen atoms in total. The smallest absolute Gasteiger partial charge is 0.126 e. The maximum atomic E-state index is 12.9. The van der Waals surface area contributed by atoms with E-state index in [1.165, 1.54) is 6.07 Å². The molecule has 1 aromatic rings. The third-order valence-corrected chi connectivity index (χ3v) is 1.91. The summed E-state index contributed by atoms with van der Waals surface area (Å²) in [7, 11) is 0. The van der Waals surface area contributed by atoms with Crippen LogP contribution >= 0.6 is 15.9 Å². The highest BCUT2D eigenvalue weighted by molar-refractivity contribution is 9.10. The molecule has 0 unspecified atom stereocenters. The van der Waals surface area contributed by atoms with E-state index in [0.717, 1.165) is 4.47 Å². The highest BCUT2D eigenvalue weighted by Crippen LogP contribution is 2.15. The summed E-state index contributed by atoms with van der Waals surface area (Å²) in [4.78, 5) is 0. The monoisotopic (exact) mass is 217 g/mol. The van der Waals surface area contributed by atoms with Gasteiger partial charge in [0, 0.05) is 4.47 Å². The molecule has 0 aliphatic rings. The van der Waals surface area contributed by atoms with Gasteiger partial charge in [-0.2, -0.15) is 0 Å². The zero-order valence-corrected chi connectivity index (χ0v) is 7.57. The summed E-state index contributed by atoms with van der Waals surface area (Å²) in [6.07, 6.45) is 0.589. The Morgan fingerprint density at radius 2 is 2.18 bits per heavy atom. The topological polar surface area (TPSA) is 26.0 Å². The summed E-state index contributed by atoms with van der Waals surface area (Å²) in [6.45, 7) is 0.480. The van der Waals surface area contributed by atoms with Crippen LogP contribution < -0.4 is 5.73 Å². The maximum Gasteiger partial charge on any atom is 0.126 e. The van der Waals surface area contributed by atoms with Crippen LogP contribution in [0.15, 0.2) is 22.7 Å². The molecule has 0 aromatic heterocycles. The zero-order valence-electron chi connectivity index (χ0n) is 5.98. The third-order valence-electron chi connectivity index (χ3n) is 1.42. The van der Waals surface area contributed by atoms with Crippen molar-refractivity contribution >= 4 is 15.9 Å². The van der Waals surface area contributed by atoms with Gasteiger partial charge in [-0.3, -0.25) is 0 Å². The zero-order chi connectivity index (χ0) is 8.27. The van der Waals surface area contributed by atoms with Gasteiger partial charge in [-0.1, -0.05) is 15.9 Å². The molecule has 11 heavy (non-hydrogen) atoms. The Hall–Kier alpha value is -0.410. The lowest BCUT2D eigenvalue weighted by Crippen LogP contribution is -2.04. The van der Waals surface area contributed by atoms with Gasteiger partial charge in [0.2, 0.25) is 0 Å². The van der Waals surface area contributed by atoms with Crippen molar-refractivity contribution in [3.05, 3.63) is 34.1 Å². The lowest BCUT2D eigenvalue weighted by molar-refractivity contribution is 0.609. The van der Waals surface area contributed by atoms with Gasteiger partial charge in [0.25, 0.3) is 0 Å². The number of nitrogens with two attached hydrogens (primary N) is 1. The van der Waals surface area contributed by atoms with Crippen LogP contribution in [0.1, 0.15) is 5.56 Å². The van der Waals surface area contributed by atoms with Gasteiger partial charge in [0.1, 0.15) is 5.82 Å². The first-order valence-corrected chi connectivity index (χ1v) is 4.17. The average Bonchev–Trinajstić information content (AvgIpc) is 1.98. The molecule has 0 aliphatic carbocycles. The van der Waals surface area contributed by atoms with Crippen molar-refractivity contribution in [2.75, 3.05) is 6.54 Å². The number of hydrogen-bond donors (Lipinski definition) is 1. The number of rotatable bonds is 2. The molecule has 0 atom stereocenters. The summed E-state index contributed by atoms with van der Waals surface area (Å²) >= 11 is 3.26. The van der Waals surface area contributed by atoms with Crippen LogP contribution in [0, 0.1) is 5.82 Å². The quantitative estimate of drug-likeness (QED) is 0.807. The van der Waals surface area contributed by atoms with Crippen LogP contribution in [0.3, 0.4) is 0 Å². The molecule has 1 rings (SSSR count). The average molecular weight is 218 g/mol. The molecular weight excluding hydrogens is 209 g/mol. The molecule has 0 radical (unpaired) electrons. The first kappa shape index (κ1) is 8.68. The normalized spacial score (nSPS) is 10.1. The predicted octanol–water partition coefficient (Wildman–Crippen LogP) is 2.09. The van der Waals surface area contributed by atoms with Gasteiger partial charge in [-0.25, -0.2) is 4.39 Å². The molecule has 0 heterocycles. The number of benzene rings is 1. The summed E-state index contributed by atoms with van der Waals surface area (Å²) in [5.41, 5.74) is 5.97. The Morgan fingerprint density at radius 3 is 2.82 bits per heavy atom. The van der Waals surface area contributed by atoms with Crippen LogP contribution in [0.5, 0.6) is 0 Å². The van der Waals surface area contributed by atoms with Crippen LogP contribution in [0.4, 0.5) is 4.39 Å². The van der Waals surface area contributed by atoms with E-state index in [1.54, 1.807) is 12.1 Å². The van der Waals surface area contributed by atoms with Crippen molar-refractivity contribution in [3.63, 3.8) is 0 Å². The standard InChI is InChI=1S/C8H9BrFN/c9-7-1-2-8(10)6(5-7)3-4-11/h1-2,5H,3-4,11H2. The van der Waals surface area contributed by atoms with E-state index >= 15 is 0 Å². The molecule has 0 saturated carbocycles. The van der Waals surface area contributed by atoms with E-state index in [9.17, 15) is 4.39 Å². The van der Waals surface area contributed by atoms with Gasteiger partial charge in [0.15, 0.2) is 0 Å². The molecule has 1 aromatic carbocycles. The van der Waals surface area contributed by atoms with E-state index < -0.39 is 0 Å². The molecule has 0 bridgehead atoms. The second kappa shape index (κ2) is 3.83.